The first kappa shape index (κ1) is 21.4. The van der Waals surface area contributed by atoms with Gasteiger partial charge in [-0.05, 0) is 39.0 Å². The molecule has 0 aliphatic rings. The van der Waals surface area contributed by atoms with Crippen molar-refractivity contribution in [1.82, 2.24) is 20.3 Å². The first-order valence-electron chi connectivity index (χ1n) is 9.18. The lowest BCUT2D eigenvalue weighted by Crippen LogP contribution is -2.40. The predicted molar refractivity (Wildman–Crippen MR) is 116 cm³/mol. The molecule has 0 saturated carbocycles. The second-order valence-electron chi connectivity index (χ2n) is 7.96. The van der Waals surface area contributed by atoms with E-state index in [9.17, 15) is 13.2 Å². The molecule has 4 N–H and O–H groups in total. The van der Waals surface area contributed by atoms with Gasteiger partial charge in [0.2, 0.25) is 0 Å². The van der Waals surface area contributed by atoms with Gasteiger partial charge in [0.15, 0.2) is 15.5 Å². The number of rotatable bonds is 5. The molecule has 0 radical (unpaired) electrons. The Morgan fingerprint density at radius 2 is 1.90 bits per heavy atom. The molecule has 0 aliphatic carbocycles. The molecule has 0 fully saturated rings. The number of aromatic amines is 1. The predicted octanol–water partition coefficient (Wildman–Crippen LogP) is 2.35. The Bertz CT molecular complexity index is 1260. The van der Waals surface area contributed by atoms with Crippen LogP contribution in [0.4, 0.5) is 5.69 Å². The minimum Gasteiger partial charge on any atom is -0.388 e. The van der Waals surface area contributed by atoms with Crippen LogP contribution in [0.5, 0.6) is 0 Å². The molecule has 1 aromatic carbocycles. The Labute approximate surface area is 174 Å². The molecule has 2 aromatic heterocycles. The summed E-state index contributed by atoms with van der Waals surface area (Å²) in [6, 6.07) is 4.48. The number of anilines is 1. The van der Waals surface area contributed by atoms with Crippen LogP contribution in [0.15, 0.2) is 35.5 Å². The molecule has 0 saturated heterocycles. The highest BCUT2D eigenvalue weighted by molar-refractivity contribution is 7.90. The first-order chi connectivity index (χ1) is 13.9. The number of carbonyl (C=O) groups excluding carboxylic acids is 1. The molecule has 9 nitrogen and oxygen atoms in total. The molecule has 30 heavy (non-hydrogen) atoms. The van der Waals surface area contributed by atoms with Gasteiger partial charge in [0, 0.05) is 36.3 Å². The standard InChI is InChI=1S/C20H24N6O3S/c1-20(2,3)26-19(27)13-9-23-18-17(13)25-15(10-24-18)16(21)12-7-6-11(30(5,28)29)8-14(12)22-4/h6-10,21-22H,1-5H3,(H,23,24)(H,26,27). The van der Waals surface area contributed by atoms with E-state index in [2.05, 4.69) is 25.6 Å². The third-order valence-corrected chi connectivity index (χ3v) is 5.44. The van der Waals surface area contributed by atoms with E-state index in [4.69, 9.17) is 5.41 Å². The number of benzene rings is 1. The number of hydrogen-bond acceptors (Lipinski definition) is 7. The highest BCUT2D eigenvalue weighted by atomic mass is 32.2. The highest BCUT2D eigenvalue weighted by Gasteiger charge is 2.21. The molecule has 0 aliphatic heterocycles. The summed E-state index contributed by atoms with van der Waals surface area (Å²) in [6.07, 6.45) is 4.11. The van der Waals surface area contributed by atoms with Gasteiger partial charge in [0.05, 0.1) is 22.4 Å². The van der Waals surface area contributed by atoms with Gasteiger partial charge >= 0.3 is 0 Å². The molecule has 10 heteroatoms. The Morgan fingerprint density at radius 3 is 2.50 bits per heavy atom. The quantitative estimate of drug-likeness (QED) is 0.460. The summed E-state index contributed by atoms with van der Waals surface area (Å²) in [6.45, 7) is 5.64. The average molecular weight is 429 g/mol. The van der Waals surface area contributed by atoms with Crippen LogP contribution < -0.4 is 10.6 Å². The fourth-order valence-electron chi connectivity index (χ4n) is 2.91. The molecular weight excluding hydrogens is 404 g/mol. The van der Waals surface area contributed by atoms with Crippen LogP contribution in [0.1, 0.15) is 42.4 Å². The number of H-pyrrole nitrogens is 1. The Kier molecular flexibility index (Phi) is 5.38. The maximum Gasteiger partial charge on any atom is 0.255 e. The number of amides is 1. The van der Waals surface area contributed by atoms with Crippen LogP contribution in [0.2, 0.25) is 0 Å². The second-order valence-corrected chi connectivity index (χ2v) is 9.98. The largest absolute Gasteiger partial charge is 0.388 e. The summed E-state index contributed by atoms with van der Waals surface area (Å²) in [5.74, 6) is -0.292. The van der Waals surface area contributed by atoms with E-state index in [-0.39, 0.29) is 22.2 Å². The van der Waals surface area contributed by atoms with Crippen molar-refractivity contribution in [1.29, 1.82) is 5.41 Å². The van der Waals surface area contributed by atoms with Crippen molar-refractivity contribution in [3.63, 3.8) is 0 Å². The minimum atomic E-state index is -3.38. The van der Waals surface area contributed by atoms with Gasteiger partial charge in [-0.15, -0.1) is 0 Å². The van der Waals surface area contributed by atoms with Crippen LogP contribution in [-0.2, 0) is 9.84 Å². The van der Waals surface area contributed by atoms with Crippen LogP contribution in [0.3, 0.4) is 0 Å². The third kappa shape index (κ3) is 4.33. The second kappa shape index (κ2) is 7.52. The smallest absolute Gasteiger partial charge is 0.255 e. The molecule has 0 unspecified atom stereocenters. The minimum absolute atomic E-state index is 0.0529. The Hall–Kier alpha value is -3.27. The lowest BCUT2D eigenvalue weighted by Gasteiger charge is -2.20. The van der Waals surface area contributed by atoms with E-state index < -0.39 is 15.4 Å². The van der Waals surface area contributed by atoms with Gasteiger partial charge in [-0.2, -0.15) is 0 Å². The van der Waals surface area contributed by atoms with Crippen molar-refractivity contribution in [3.05, 3.63) is 47.4 Å². The maximum atomic E-state index is 12.6. The number of nitrogens with one attached hydrogen (secondary N) is 4. The van der Waals surface area contributed by atoms with Crippen molar-refractivity contribution in [2.45, 2.75) is 31.2 Å². The molecule has 0 bridgehead atoms. The first-order valence-corrected chi connectivity index (χ1v) is 11.1. The van der Waals surface area contributed by atoms with Crippen LogP contribution in [0, 0.1) is 5.41 Å². The van der Waals surface area contributed by atoms with Crippen molar-refractivity contribution < 1.29 is 13.2 Å². The zero-order valence-corrected chi connectivity index (χ0v) is 18.2. The van der Waals surface area contributed by atoms with Gasteiger partial charge < -0.3 is 15.6 Å². The summed E-state index contributed by atoms with van der Waals surface area (Å²) >= 11 is 0. The monoisotopic (exact) mass is 428 g/mol. The molecule has 2 heterocycles. The molecular formula is C20H24N6O3S. The molecule has 3 rings (SSSR count). The van der Waals surface area contributed by atoms with Crippen LogP contribution in [-0.4, -0.2) is 53.8 Å². The zero-order valence-electron chi connectivity index (χ0n) is 17.4. The van der Waals surface area contributed by atoms with E-state index in [1.54, 1.807) is 19.3 Å². The summed E-state index contributed by atoms with van der Waals surface area (Å²) in [7, 11) is -1.73. The summed E-state index contributed by atoms with van der Waals surface area (Å²) in [5, 5.41) is 14.4. The average Bonchev–Trinajstić information content (AvgIpc) is 3.08. The normalized spacial score (nSPS) is 12.0. The van der Waals surface area contributed by atoms with E-state index in [0.29, 0.717) is 28.0 Å². The number of nitrogens with zero attached hydrogens (tertiary/aromatic N) is 2. The van der Waals surface area contributed by atoms with Gasteiger partial charge in [-0.25, -0.2) is 18.4 Å². The summed E-state index contributed by atoms with van der Waals surface area (Å²) < 4.78 is 23.6. The van der Waals surface area contributed by atoms with E-state index >= 15 is 0 Å². The van der Waals surface area contributed by atoms with E-state index in [1.807, 2.05) is 20.8 Å². The van der Waals surface area contributed by atoms with E-state index in [1.165, 1.54) is 18.3 Å². The van der Waals surface area contributed by atoms with Gasteiger partial charge in [0.25, 0.3) is 5.91 Å². The van der Waals surface area contributed by atoms with Gasteiger partial charge in [-0.3, -0.25) is 10.2 Å². The number of sulfone groups is 1. The number of fused-ring (bicyclic) bond motifs is 1. The molecule has 0 atom stereocenters. The lowest BCUT2D eigenvalue weighted by molar-refractivity contribution is 0.0921. The fourth-order valence-corrected chi connectivity index (χ4v) is 3.56. The number of aromatic nitrogens is 3. The Balaban J connectivity index is 2.04. The third-order valence-electron chi connectivity index (χ3n) is 4.33. The van der Waals surface area contributed by atoms with Crippen molar-refractivity contribution in [3.8, 4) is 0 Å². The molecule has 0 spiro atoms. The number of carbonyl (C=O) groups is 1. The van der Waals surface area contributed by atoms with Gasteiger partial charge in [0.1, 0.15) is 11.2 Å². The molecule has 3 aromatic rings. The van der Waals surface area contributed by atoms with Crippen molar-refractivity contribution in [2.75, 3.05) is 18.6 Å². The fraction of sp³-hybridized carbons (Fsp3) is 0.300. The maximum absolute atomic E-state index is 12.6. The summed E-state index contributed by atoms with van der Waals surface area (Å²) in [4.78, 5) is 24.4. The lowest BCUT2D eigenvalue weighted by atomic mass is 10.1. The SMILES string of the molecule is CNc1cc(S(C)(=O)=O)ccc1C(=N)c1cnc2[nH]cc(C(=O)NC(C)(C)C)c2n1. The Morgan fingerprint density at radius 1 is 1.20 bits per heavy atom. The highest BCUT2D eigenvalue weighted by Crippen LogP contribution is 2.24. The number of hydrogen-bond donors (Lipinski definition) is 4. The van der Waals surface area contributed by atoms with Crippen LogP contribution >= 0.6 is 0 Å². The van der Waals surface area contributed by atoms with Crippen molar-refractivity contribution >= 4 is 38.3 Å². The van der Waals surface area contributed by atoms with Crippen molar-refractivity contribution in [2.24, 2.45) is 0 Å². The topological polar surface area (TPSA) is 141 Å². The zero-order chi connectivity index (χ0) is 22.3. The van der Waals surface area contributed by atoms with Crippen LogP contribution in [0.25, 0.3) is 11.2 Å². The molecule has 158 valence electrons. The van der Waals surface area contributed by atoms with E-state index in [0.717, 1.165) is 6.26 Å². The summed E-state index contributed by atoms with van der Waals surface area (Å²) in [5.41, 5.74) is 1.97. The van der Waals surface area contributed by atoms with Gasteiger partial charge in [-0.1, -0.05) is 0 Å². The molecule has 1 amide bonds.